The maximum atomic E-state index is 12.4. The van der Waals surface area contributed by atoms with E-state index in [0.29, 0.717) is 30.9 Å². The van der Waals surface area contributed by atoms with Gasteiger partial charge in [0.1, 0.15) is 0 Å². The fourth-order valence-electron chi connectivity index (χ4n) is 3.22. The van der Waals surface area contributed by atoms with Gasteiger partial charge in [0.15, 0.2) is 0 Å². The SMILES string of the molecule is CS(=O)(=O)N(Cc1ccc(C(=O)NCCOCc2ccccc2)cc1)c1cc([N+](=O)[O-])ccc1Cl. The molecule has 35 heavy (non-hydrogen) atoms. The molecule has 0 saturated carbocycles. The van der Waals surface area contributed by atoms with Crippen molar-refractivity contribution in [3.8, 4) is 0 Å². The molecule has 0 aliphatic rings. The highest BCUT2D eigenvalue weighted by atomic mass is 35.5. The molecule has 0 aromatic heterocycles. The van der Waals surface area contributed by atoms with Crippen molar-refractivity contribution in [3.63, 3.8) is 0 Å². The van der Waals surface area contributed by atoms with Crippen LogP contribution in [0.5, 0.6) is 0 Å². The summed E-state index contributed by atoms with van der Waals surface area (Å²) in [4.78, 5) is 22.9. The zero-order chi connectivity index (χ0) is 25.4. The molecule has 0 atom stereocenters. The monoisotopic (exact) mass is 517 g/mol. The van der Waals surface area contributed by atoms with Gasteiger partial charge < -0.3 is 10.1 Å². The van der Waals surface area contributed by atoms with Crippen LogP contribution in [-0.4, -0.2) is 38.7 Å². The first-order valence-corrected chi connectivity index (χ1v) is 12.8. The van der Waals surface area contributed by atoms with Crippen LogP contribution in [0.25, 0.3) is 0 Å². The fraction of sp³-hybridized carbons (Fsp3) is 0.208. The lowest BCUT2D eigenvalue weighted by molar-refractivity contribution is -0.384. The molecule has 0 fully saturated rings. The van der Waals surface area contributed by atoms with Crippen LogP contribution in [0.3, 0.4) is 0 Å². The van der Waals surface area contributed by atoms with Gasteiger partial charge in [-0.2, -0.15) is 0 Å². The summed E-state index contributed by atoms with van der Waals surface area (Å²) >= 11 is 6.15. The van der Waals surface area contributed by atoms with Gasteiger partial charge in [0.05, 0.1) is 41.6 Å². The van der Waals surface area contributed by atoms with Crippen molar-refractivity contribution < 1.29 is 22.9 Å². The van der Waals surface area contributed by atoms with E-state index in [1.54, 1.807) is 24.3 Å². The standard InChI is InChI=1S/C24H24ClN3O6S/c1-35(32,33)27(23-15-21(28(30)31)11-12-22(23)25)16-18-7-9-20(10-8-18)24(29)26-13-14-34-17-19-5-3-2-4-6-19/h2-12,15H,13-14,16-17H2,1H3,(H,26,29). The smallest absolute Gasteiger partial charge is 0.271 e. The predicted octanol–water partition coefficient (Wildman–Crippen LogP) is 4.16. The summed E-state index contributed by atoms with van der Waals surface area (Å²) in [7, 11) is -3.81. The molecule has 0 heterocycles. The lowest BCUT2D eigenvalue weighted by Gasteiger charge is -2.23. The van der Waals surface area contributed by atoms with Crippen LogP contribution in [-0.2, 0) is 27.9 Å². The highest BCUT2D eigenvalue weighted by molar-refractivity contribution is 7.92. The van der Waals surface area contributed by atoms with E-state index in [1.165, 1.54) is 12.1 Å². The molecule has 3 aromatic rings. The first kappa shape index (κ1) is 26.1. The maximum Gasteiger partial charge on any atom is 0.271 e. The minimum absolute atomic E-state index is 0.000638. The Morgan fingerprint density at radius 3 is 2.37 bits per heavy atom. The Morgan fingerprint density at radius 2 is 1.74 bits per heavy atom. The van der Waals surface area contributed by atoms with Crippen molar-refractivity contribution in [1.29, 1.82) is 0 Å². The normalized spacial score (nSPS) is 11.1. The number of sulfonamides is 1. The van der Waals surface area contributed by atoms with Gasteiger partial charge in [-0.25, -0.2) is 8.42 Å². The molecule has 3 rings (SSSR count). The van der Waals surface area contributed by atoms with Gasteiger partial charge in [-0.1, -0.05) is 54.1 Å². The van der Waals surface area contributed by atoms with Crippen molar-refractivity contribution in [2.75, 3.05) is 23.7 Å². The quantitative estimate of drug-likeness (QED) is 0.232. The van der Waals surface area contributed by atoms with Crippen LogP contribution in [0.1, 0.15) is 21.5 Å². The molecule has 11 heteroatoms. The van der Waals surface area contributed by atoms with E-state index in [-0.39, 0.29) is 28.8 Å². The number of carbonyl (C=O) groups excluding carboxylic acids is 1. The average Bonchev–Trinajstić information content (AvgIpc) is 2.83. The van der Waals surface area contributed by atoms with Crippen molar-refractivity contribution in [2.24, 2.45) is 0 Å². The number of benzene rings is 3. The number of hydrogen-bond donors (Lipinski definition) is 1. The summed E-state index contributed by atoms with van der Waals surface area (Å²) in [5.41, 5.74) is 1.74. The molecule has 0 unspecified atom stereocenters. The Labute approximate surface area is 208 Å². The number of non-ortho nitro benzene ring substituents is 1. The zero-order valence-electron chi connectivity index (χ0n) is 18.9. The second-order valence-corrected chi connectivity index (χ2v) is 9.97. The number of amides is 1. The van der Waals surface area contributed by atoms with Crippen molar-refractivity contribution in [1.82, 2.24) is 5.32 Å². The van der Waals surface area contributed by atoms with Crippen LogP contribution in [0, 0.1) is 10.1 Å². The molecule has 0 aliphatic carbocycles. The number of anilines is 1. The highest BCUT2D eigenvalue weighted by Gasteiger charge is 2.23. The summed E-state index contributed by atoms with van der Waals surface area (Å²) in [6, 6.07) is 19.7. The Balaban J connectivity index is 1.61. The first-order valence-electron chi connectivity index (χ1n) is 10.6. The molecule has 0 radical (unpaired) electrons. The van der Waals surface area contributed by atoms with Gasteiger partial charge >= 0.3 is 0 Å². The largest absolute Gasteiger partial charge is 0.375 e. The summed E-state index contributed by atoms with van der Waals surface area (Å²) in [5.74, 6) is -0.290. The second-order valence-electron chi connectivity index (χ2n) is 7.65. The predicted molar refractivity (Wildman–Crippen MR) is 134 cm³/mol. The minimum atomic E-state index is -3.81. The van der Waals surface area contributed by atoms with E-state index in [4.69, 9.17) is 16.3 Å². The van der Waals surface area contributed by atoms with E-state index in [1.807, 2.05) is 30.3 Å². The number of nitro groups is 1. The number of nitrogens with zero attached hydrogens (tertiary/aromatic N) is 2. The van der Waals surface area contributed by atoms with Crippen molar-refractivity contribution in [3.05, 3.63) is 105 Å². The lowest BCUT2D eigenvalue weighted by Crippen LogP contribution is -2.30. The Hall–Kier alpha value is -3.47. The van der Waals surface area contributed by atoms with Crippen LogP contribution < -0.4 is 9.62 Å². The summed E-state index contributed by atoms with van der Waals surface area (Å²) in [6.45, 7) is 1.03. The molecule has 1 N–H and O–H groups in total. The highest BCUT2D eigenvalue weighted by Crippen LogP contribution is 2.32. The summed E-state index contributed by atoms with van der Waals surface area (Å²) in [5, 5.41) is 14.0. The molecular formula is C24H24ClN3O6S. The number of hydrogen-bond acceptors (Lipinski definition) is 6. The molecule has 3 aromatic carbocycles. The summed E-state index contributed by atoms with van der Waals surface area (Å²) < 4.78 is 31.4. The van der Waals surface area contributed by atoms with Gasteiger partial charge in [0, 0.05) is 24.2 Å². The summed E-state index contributed by atoms with van der Waals surface area (Å²) in [6.07, 6.45) is 0.990. The molecule has 0 bridgehead atoms. The van der Waals surface area contributed by atoms with E-state index in [9.17, 15) is 23.3 Å². The number of ether oxygens (including phenoxy) is 1. The van der Waals surface area contributed by atoms with E-state index in [2.05, 4.69) is 5.32 Å². The van der Waals surface area contributed by atoms with Crippen molar-refractivity contribution in [2.45, 2.75) is 13.2 Å². The number of rotatable bonds is 11. The van der Waals surface area contributed by atoms with Gasteiger partial charge in [0.25, 0.3) is 11.6 Å². The van der Waals surface area contributed by atoms with E-state index < -0.39 is 14.9 Å². The topological polar surface area (TPSA) is 119 Å². The third-order valence-electron chi connectivity index (χ3n) is 5.00. The van der Waals surface area contributed by atoms with E-state index in [0.717, 1.165) is 22.2 Å². The van der Waals surface area contributed by atoms with Crippen LogP contribution in [0.4, 0.5) is 11.4 Å². The molecule has 0 spiro atoms. The van der Waals surface area contributed by atoms with Gasteiger partial charge in [-0.3, -0.25) is 19.2 Å². The molecular weight excluding hydrogens is 494 g/mol. The number of nitro benzene ring substituents is 1. The molecule has 184 valence electrons. The first-order chi connectivity index (χ1) is 16.6. The van der Waals surface area contributed by atoms with Crippen LogP contribution in [0.15, 0.2) is 72.8 Å². The molecule has 9 nitrogen and oxygen atoms in total. The number of halogens is 1. The van der Waals surface area contributed by atoms with Gasteiger partial charge in [0.2, 0.25) is 10.0 Å². The van der Waals surface area contributed by atoms with Crippen LogP contribution in [0.2, 0.25) is 5.02 Å². The third-order valence-corrected chi connectivity index (χ3v) is 6.44. The van der Waals surface area contributed by atoms with Crippen LogP contribution >= 0.6 is 11.6 Å². The molecule has 0 saturated heterocycles. The number of carbonyl (C=O) groups is 1. The lowest BCUT2D eigenvalue weighted by atomic mass is 10.1. The maximum absolute atomic E-state index is 12.4. The Morgan fingerprint density at radius 1 is 1.06 bits per heavy atom. The average molecular weight is 518 g/mol. The Bertz CT molecular complexity index is 1280. The van der Waals surface area contributed by atoms with E-state index >= 15 is 0 Å². The molecule has 1 amide bonds. The third kappa shape index (κ3) is 7.51. The fourth-order valence-corrected chi connectivity index (χ4v) is 4.38. The molecule has 0 aliphatic heterocycles. The van der Waals surface area contributed by atoms with Gasteiger partial charge in [-0.05, 0) is 29.3 Å². The number of nitrogens with one attached hydrogen (secondary N) is 1. The minimum Gasteiger partial charge on any atom is -0.375 e. The second kappa shape index (κ2) is 11.8. The Kier molecular flexibility index (Phi) is 8.80. The van der Waals surface area contributed by atoms with Gasteiger partial charge in [-0.15, -0.1) is 0 Å². The van der Waals surface area contributed by atoms with Crippen molar-refractivity contribution >= 4 is 38.9 Å². The zero-order valence-corrected chi connectivity index (χ0v) is 20.5.